The lowest BCUT2D eigenvalue weighted by Gasteiger charge is -2.14. The Bertz CT molecular complexity index is 1220. The van der Waals surface area contributed by atoms with Crippen molar-refractivity contribution in [3.05, 3.63) is 100 Å². The van der Waals surface area contributed by atoms with Gasteiger partial charge in [-0.25, -0.2) is 9.37 Å². The Labute approximate surface area is 172 Å². The molecule has 6 heteroatoms. The maximum absolute atomic E-state index is 13.5. The van der Waals surface area contributed by atoms with Crippen molar-refractivity contribution in [2.24, 2.45) is 0 Å². The third-order valence-electron chi connectivity index (χ3n) is 4.56. The molecule has 0 spiro atoms. The van der Waals surface area contributed by atoms with E-state index < -0.39 is 0 Å². The molecule has 0 radical (unpaired) electrons. The Balaban J connectivity index is 1.74. The fraction of sp³-hybridized carbons (Fsp3) is 0.130. The highest BCUT2D eigenvalue weighted by Crippen LogP contribution is 2.24. The number of rotatable bonds is 6. The fourth-order valence-corrected chi connectivity index (χ4v) is 4.07. The summed E-state index contributed by atoms with van der Waals surface area (Å²) < 4.78 is 20.5. The van der Waals surface area contributed by atoms with Crippen molar-refractivity contribution in [1.29, 1.82) is 0 Å². The highest BCUT2D eigenvalue weighted by atomic mass is 32.2. The zero-order valence-electron chi connectivity index (χ0n) is 15.8. The summed E-state index contributed by atoms with van der Waals surface area (Å²) in [6.07, 6.45) is 0. The predicted molar refractivity (Wildman–Crippen MR) is 114 cm³/mol. The van der Waals surface area contributed by atoms with Gasteiger partial charge in [-0.2, -0.15) is 0 Å². The van der Waals surface area contributed by atoms with Crippen LogP contribution in [0.2, 0.25) is 0 Å². The van der Waals surface area contributed by atoms with Crippen molar-refractivity contribution >= 4 is 22.7 Å². The van der Waals surface area contributed by atoms with Gasteiger partial charge in [0.05, 0.1) is 24.6 Å². The van der Waals surface area contributed by atoms with E-state index in [1.54, 1.807) is 23.8 Å². The first-order valence-electron chi connectivity index (χ1n) is 9.14. The Morgan fingerprint density at radius 1 is 1.00 bits per heavy atom. The van der Waals surface area contributed by atoms with E-state index >= 15 is 0 Å². The van der Waals surface area contributed by atoms with Crippen LogP contribution in [0.15, 0.2) is 82.7 Å². The standard InChI is InChI=1S/C23H19FN2O2S/c1-28-19-9-5-6-16(13-19)14-26-22(27)20-10-2-3-11-21(20)25-23(26)29-15-17-7-4-8-18(24)12-17/h2-13H,14-15H2,1H3. The van der Waals surface area contributed by atoms with Gasteiger partial charge in [0.25, 0.3) is 5.56 Å². The largest absolute Gasteiger partial charge is 0.497 e. The van der Waals surface area contributed by atoms with Gasteiger partial charge in [-0.1, -0.05) is 48.2 Å². The third kappa shape index (κ3) is 4.32. The zero-order chi connectivity index (χ0) is 20.2. The van der Waals surface area contributed by atoms with E-state index in [-0.39, 0.29) is 11.4 Å². The summed E-state index contributed by atoms with van der Waals surface area (Å²) in [6.45, 7) is 0.374. The molecule has 0 atom stereocenters. The molecule has 0 unspecified atom stereocenters. The Hall–Kier alpha value is -3.12. The van der Waals surface area contributed by atoms with Crippen molar-refractivity contribution < 1.29 is 9.13 Å². The minimum absolute atomic E-state index is 0.0971. The van der Waals surface area contributed by atoms with Gasteiger partial charge in [-0.3, -0.25) is 9.36 Å². The maximum atomic E-state index is 13.5. The number of ether oxygens (including phenoxy) is 1. The first-order valence-corrected chi connectivity index (χ1v) is 10.1. The summed E-state index contributed by atoms with van der Waals surface area (Å²) in [5.74, 6) is 0.974. The number of para-hydroxylation sites is 1. The Morgan fingerprint density at radius 2 is 1.79 bits per heavy atom. The van der Waals surface area contributed by atoms with Crippen LogP contribution in [0, 0.1) is 5.82 Å². The minimum Gasteiger partial charge on any atom is -0.497 e. The van der Waals surface area contributed by atoms with Crippen LogP contribution in [0.25, 0.3) is 10.9 Å². The molecule has 4 rings (SSSR count). The quantitative estimate of drug-likeness (QED) is 0.338. The van der Waals surface area contributed by atoms with Crippen LogP contribution < -0.4 is 10.3 Å². The second-order valence-electron chi connectivity index (χ2n) is 6.57. The average molecular weight is 406 g/mol. The van der Waals surface area contributed by atoms with Crippen LogP contribution in [-0.4, -0.2) is 16.7 Å². The smallest absolute Gasteiger partial charge is 0.262 e. The summed E-state index contributed by atoms with van der Waals surface area (Å²) in [5, 5.41) is 1.17. The molecule has 0 bridgehead atoms. The van der Waals surface area contributed by atoms with E-state index in [1.807, 2.05) is 48.5 Å². The first-order chi connectivity index (χ1) is 14.1. The van der Waals surface area contributed by atoms with Crippen molar-refractivity contribution in [2.75, 3.05) is 7.11 Å². The van der Waals surface area contributed by atoms with Crippen LogP contribution in [0.3, 0.4) is 0 Å². The van der Waals surface area contributed by atoms with Gasteiger partial charge < -0.3 is 4.74 Å². The molecule has 1 aromatic heterocycles. The van der Waals surface area contributed by atoms with Gasteiger partial charge in [0, 0.05) is 5.75 Å². The normalized spacial score (nSPS) is 11.0. The number of nitrogens with zero attached hydrogens (tertiary/aromatic N) is 2. The molecule has 3 aromatic carbocycles. The summed E-state index contributed by atoms with van der Waals surface area (Å²) in [6, 6.07) is 21.4. The molecule has 1 heterocycles. The molecule has 0 aliphatic rings. The number of fused-ring (bicyclic) bond motifs is 1. The lowest BCUT2D eigenvalue weighted by molar-refractivity contribution is 0.414. The fourth-order valence-electron chi connectivity index (χ4n) is 3.13. The molecule has 4 nitrogen and oxygen atoms in total. The highest BCUT2D eigenvalue weighted by Gasteiger charge is 2.13. The molecule has 0 N–H and O–H groups in total. The number of thioether (sulfide) groups is 1. The second kappa shape index (κ2) is 8.49. The topological polar surface area (TPSA) is 44.1 Å². The maximum Gasteiger partial charge on any atom is 0.262 e. The van der Waals surface area contributed by atoms with Crippen LogP contribution in [0.1, 0.15) is 11.1 Å². The van der Waals surface area contributed by atoms with Crippen LogP contribution >= 0.6 is 11.8 Å². The predicted octanol–water partition coefficient (Wildman–Crippen LogP) is 4.88. The number of aromatic nitrogens is 2. The number of benzene rings is 3. The average Bonchev–Trinajstić information content (AvgIpc) is 2.75. The minimum atomic E-state index is -0.275. The molecule has 4 aromatic rings. The molecule has 29 heavy (non-hydrogen) atoms. The van der Waals surface area contributed by atoms with Crippen LogP contribution in [0.4, 0.5) is 4.39 Å². The SMILES string of the molecule is COc1cccc(Cn2c(SCc3cccc(F)c3)nc3ccccc3c2=O)c1. The van der Waals surface area contributed by atoms with E-state index in [0.717, 1.165) is 16.9 Å². The summed E-state index contributed by atoms with van der Waals surface area (Å²) >= 11 is 1.42. The number of methoxy groups -OCH3 is 1. The molecular weight excluding hydrogens is 387 g/mol. The number of halogens is 1. The van der Waals surface area contributed by atoms with Gasteiger partial charge in [0.15, 0.2) is 5.16 Å². The molecule has 0 saturated heterocycles. The van der Waals surface area contributed by atoms with E-state index in [9.17, 15) is 9.18 Å². The molecule has 0 aliphatic carbocycles. The van der Waals surface area contributed by atoms with Gasteiger partial charge >= 0.3 is 0 Å². The molecule has 0 amide bonds. The summed E-state index contributed by atoms with van der Waals surface area (Å²) in [7, 11) is 1.61. The lowest BCUT2D eigenvalue weighted by atomic mass is 10.2. The molecule has 0 fully saturated rings. The van der Waals surface area contributed by atoms with Crippen molar-refractivity contribution in [3.63, 3.8) is 0 Å². The molecule has 0 saturated carbocycles. The van der Waals surface area contributed by atoms with E-state index in [2.05, 4.69) is 0 Å². The summed E-state index contributed by atoms with van der Waals surface area (Å²) in [4.78, 5) is 17.9. The van der Waals surface area contributed by atoms with Crippen molar-refractivity contribution in [2.45, 2.75) is 17.5 Å². The van der Waals surface area contributed by atoms with E-state index in [1.165, 1.54) is 23.9 Å². The lowest BCUT2D eigenvalue weighted by Crippen LogP contribution is -2.24. The first kappa shape index (κ1) is 19.2. The van der Waals surface area contributed by atoms with Crippen molar-refractivity contribution in [3.8, 4) is 5.75 Å². The zero-order valence-corrected chi connectivity index (χ0v) is 16.7. The van der Waals surface area contributed by atoms with E-state index in [4.69, 9.17) is 9.72 Å². The van der Waals surface area contributed by atoms with Gasteiger partial charge in [0.2, 0.25) is 0 Å². The van der Waals surface area contributed by atoms with Gasteiger partial charge in [0.1, 0.15) is 11.6 Å². The van der Waals surface area contributed by atoms with Crippen LogP contribution in [-0.2, 0) is 12.3 Å². The Kier molecular flexibility index (Phi) is 5.62. The van der Waals surface area contributed by atoms with E-state index in [0.29, 0.717) is 28.4 Å². The Morgan fingerprint density at radius 3 is 2.62 bits per heavy atom. The monoisotopic (exact) mass is 406 g/mol. The number of hydrogen-bond acceptors (Lipinski definition) is 4. The van der Waals surface area contributed by atoms with Crippen molar-refractivity contribution in [1.82, 2.24) is 9.55 Å². The highest BCUT2D eigenvalue weighted by molar-refractivity contribution is 7.98. The molecular formula is C23H19FN2O2S. The molecule has 146 valence electrons. The second-order valence-corrected chi connectivity index (χ2v) is 7.52. The van der Waals surface area contributed by atoms with Gasteiger partial charge in [-0.05, 0) is 47.5 Å². The number of hydrogen-bond donors (Lipinski definition) is 0. The summed E-state index contributed by atoms with van der Waals surface area (Å²) in [5.41, 5.74) is 2.34. The van der Waals surface area contributed by atoms with Gasteiger partial charge in [-0.15, -0.1) is 0 Å². The third-order valence-corrected chi connectivity index (χ3v) is 5.61. The molecule has 0 aliphatic heterocycles. The van der Waals surface area contributed by atoms with Crippen LogP contribution in [0.5, 0.6) is 5.75 Å².